The van der Waals surface area contributed by atoms with Gasteiger partial charge in [-0.3, -0.25) is 0 Å². The summed E-state index contributed by atoms with van der Waals surface area (Å²) in [6, 6.07) is 44.8. The number of hydrogen-bond acceptors (Lipinski definition) is 2. The predicted molar refractivity (Wildman–Crippen MR) is 352 cm³/mol. The van der Waals surface area contributed by atoms with E-state index in [0.717, 1.165) is 37.2 Å². The Bertz CT molecular complexity index is 2790. The van der Waals surface area contributed by atoms with Gasteiger partial charge in [-0.2, -0.15) is 0 Å². The molecule has 1 aliphatic carbocycles. The van der Waals surface area contributed by atoms with Crippen molar-refractivity contribution in [3.63, 3.8) is 0 Å². The summed E-state index contributed by atoms with van der Waals surface area (Å²) in [6.07, 6.45) is 5.21. The van der Waals surface area contributed by atoms with Gasteiger partial charge >= 0.3 is 0 Å². The SMILES string of the molecule is CC(C)(C)c1cc(P(c2cc(C(C)(C)C)cc(C(C)(C)C)c2)c2cccc3c2OC24Oc5c(cccc5P(c5cc(C(C)(C)C)cc(C(C)(C)C)c5)c5cc(C(C)(C)C)cc(C(C)(C)C)c5)C[C@@H]2CCC[C@H]4C3)cc(C(C)(C)C)c1. The first kappa shape index (κ1) is 60.4. The summed E-state index contributed by atoms with van der Waals surface area (Å²) in [5, 5.41) is 8.17. The molecule has 2 nitrogen and oxygen atoms in total. The zero-order chi connectivity index (χ0) is 58.9. The van der Waals surface area contributed by atoms with Crippen LogP contribution in [0.4, 0.5) is 0 Å². The summed E-state index contributed by atoms with van der Waals surface area (Å²) in [7, 11) is -2.25. The van der Waals surface area contributed by atoms with Crippen LogP contribution in [0.3, 0.4) is 0 Å². The highest BCUT2D eigenvalue weighted by molar-refractivity contribution is 7.80. The fourth-order valence-corrected chi connectivity index (χ4v) is 17.5. The van der Waals surface area contributed by atoms with Crippen molar-refractivity contribution < 1.29 is 9.47 Å². The van der Waals surface area contributed by atoms with Crippen LogP contribution in [0.25, 0.3) is 0 Å². The van der Waals surface area contributed by atoms with Crippen LogP contribution in [0.2, 0.25) is 0 Å². The van der Waals surface area contributed by atoms with Gasteiger partial charge in [0, 0.05) is 22.4 Å². The molecule has 1 fully saturated rings. The van der Waals surface area contributed by atoms with Gasteiger partial charge in [0.25, 0.3) is 5.79 Å². The summed E-state index contributed by atoms with van der Waals surface area (Å²) >= 11 is 0. The summed E-state index contributed by atoms with van der Waals surface area (Å²) < 4.78 is 16.5. The second-order valence-corrected chi connectivity index (χ2v) is 37.3. The molecular weight excluding hydrogens is 1010 g/mol. The average Bonchev–Trinajstić information content (AvgIpc) is 3.33. The molecule has 0 saturated heterocycles. The van der Waals surface area contributed by atoms with Gasteiger partial charge in [0.2, 0.25) is 0 Å². The maximum absolute atomic E-state index is 8.23. The molecule has 6 aromatic carbocycles. The largest absolute Gasteiger partial charge is 0.451 e. The van der Waals surface area contributed by atoms with Crippen molar-refractivity contribution in [2.45, 2.75) is 247 Å². The molecule has 0 aromatic heterocycles. The molecule has 1 spiro atoms. The van der Waals surface area contributed by atoms with E-state index in [4.69, 9.17) is 9.47 Å². The van der Waals surface area contributed by atoms with Crippen molar-refractivity contribution in [3.8, 4) is 11.5 Å². The van der Waals surface area contributed by atoms with Gasteiger partial charge in [0.15, 0.2) is 0 Å². The number of rotatable bonds is 6. The number of hydrogen-bond donors (Lipinski definition) is 0. The van der Waals surface area contributed by atoms with Gasteiger partial charge in [-0.05, 0) is 162 Å². The van der Waals surface area contributed by atoms with Crippen LogP contribution in [0.1, 0.15) is 241 Å². The second kappa shape index (κ2) is 20.5. The first-order valence-corrected chi connectivity index (χ1v) is 33.2. The molecule has 2 atom stereocenters. The van der Waals surface area contributed by atoms with E-state index < -0.39 is 21.6 Å². The zero-order valence-electron chi connectivity index (χ0n) is 54.3. The van der Waals surface area contributed by atoms with Gasteiger partial charge in [-0.15, -0.1) is 0 Å². The van der Waals surface area contributed by atoms with Crippen molar-refractivity contribution >= 4 is 47.7 Å². The van der Waals surface area contributed by atoms with Crippen molar-refractivity contribution in [1.29, 1.82) is 0 Å². The minimum absolute atomic E-state index is 0.0415. The van der Waals surface area contributed by atoms with Gasteiger partial charge in [0.1, 0.15) is 11.5 Å². The van der Waals surface area contributed by atoms with E-state index in [2.05, 4.69) is 275 Å². The quantitative estimate of drug-likeness (QED) is 0.155. The highest BCUT2D eigenvalue weighted by atomic mass is 31.1. The highest BCUT2D eigenvalue weighted by Gasteiger charge is 2.58. The molecule has 2 heterocycles. The fraction of sp³-hybridized carbons (Fsp3) is 0.526. The molecule has 3 aliphatic rings. The average molecular weight is 1110 g/mol. The first-order chi connectivity index (χ1) is 36.6. The van der Waals surface area contributed by atoms with Crippen LogP contribution < -0.4 is 41.3 Å². The molecule has 0 N–H and O–H groups in total. The summed E-state index contributed by atoms with van der Waals surface area (Å²) in [5.41, 5.74) is 13.4. The molecule has 0 amide bonds. The lowest BCUT2D eigenvalue weighted by Gasteiger charge is -2.54. The smallest absolute Gasteiger partial charge is 0.257 e. The lowest BCUT2D eigenvalue weighted by Crippen LogP contribution is -2.62. The molecule has 2 aliphatic heterocycles. The lowest BCUT2D eigenvalue weighted by atomic mass is 9.68. The van der Waals surface area contributed by atoms with Crippen molar-refractivity contribution in [2.24, 2.45) is 11.8 Å². The predicted octanol–water partition coefficient (Wildman–Crippen LogP) is 18.3. The number of fused-ring (bicyclic) bond motifs is 2. The van der Waals surface area contributed by atoms with Crippen molar-refractivity contribution in [3.05, 3.63) is 165 Å². The molecular formula is C76H102O2P2. The molecule has 1 saturated carbocycles. The third kappa shape index (κ3) is 12.1. The number of para-hydroxylation sites is 2. The van der Waals surface area contributed by atoms with Crippen LogP contribution in [-0.2, 0) is 56.2 Å². The minimum Gasteiger partial charge on any atom is -0.451 e. The van der Waals surface area contributed by atoms with E-state index in [-0.39, 0.29) is 55.2 Å². The Kier molecular flexibility index (Phi) is 15.5. The minimum atomic E-state index is -1.13. The molecule has 0 radical (unpaired) electrons. The van der Waals surface area contributed by atoms with E-state index in [1.165, 1.54) is 93.9 Å². The van der Waals surface area contributed by atoms with Crippen molar-refractivity contribution in [2.75, 3.05) is 0 Å². The van der Waals surface area contributed by atoms with E-state index >= 15 is 0 Å². The molecule has 4 heteroatoms. The van der Waals surface area contributed by atoms with Crippen LogP contribution in [0.15, 0.2) is 109 Å². The highest BCUT2D eigenvalue weighted by Crippen LogP contribution is 2.56. The summed E-state index contributed by atoms with van der Waals surface area (Å²) in [5.74, 6) is 1.71. The fourth-order valence-electron chi connectivity index (χ4n) is 12.4. The van der Waals surface area contributed by atoms with Gasteiger partial charge < -0.3 is 9.47 Å². The summed E-state index contributed by atoms with van der Waals surface area (Å²) in [4.78, 5) is 0. The van der Waals surface area contributed by atoms with Crippen molar-refractivity contribution in [1.82, 2.24) is 0 Å². The first-order valence-electron chi connectivity index (χ1n) is 30.5. The van der Waals surface area contributed by atoms with Gasteiger partial charge in [-0.25, -0.2) is 0 Å². The summed E-state index contributed by atoms with van der Waals surface area (Å²) in [6.45, 7) is 57.1. The topological polar surface area (TPSA) is 18.5 Å². The molecule has 428 valence electrons. The normalized spacial score (nSPS) is 19.2. The number of benzene rings is 6. The zero-order valence-corrected chi connectivity index (χ0v) is 56.1. The van der Waals surface area contributed by atoms with Gasteiger partial charge in [0.05, 0.1) is 0 Å². The van der Waals surface area contributed by atoms with E-state index in [0.29, 0.717) is 0 Å². The van der Waals surface area contributed by atoms with E-state index in [1.807, 2.05) is 0 Å². The Hall–Kier alpha value is -4.22. The van der Waals surface area contributed by atoms with Crippen LogP contribution in [0, 0.1) is 11.8 Å². The van der Waals surface area contributed by atoms with E-state index in [1.54, 1.807) is 0 Å². The Morgan fingerprint density at radius 2 is 0.550 bits per heavy atom. The Morgan fingerprint density at radius 3 is 0.762 bits per heavy atom. The number of ether oxygens (including phenoxy) is 2. The molecule has 80 heavy (non-hydrogen) atoms. The monoisotopic (exact) mass is 1110 g/mol. The Balaban J connectivity index is 1.31. The van der Waals surface area contributed by atoms with Crippen LogP contribution in [0.5, 0.6) is 11.5 Å². The molecule has 6 aromatic rings. The third-order valence-corrected chi connectivity index (χ3v) is 22.7. The maximum Gasteiger partial charge on any atom is 0.257 e. The van der Waals surface area contributed by atoms with Crippen LogP contribution >= 0.6 is 15.8 Å². The Morgan fingerprint density at radius 1 is 0.325 bits per heavy atom. The van der Waals surface area contributed by atoms with Gasteiger partial charge in [-0.1, -0.05) is 282 Å². The maximum atomic E-state index is 8.23. The third-order valence-electron chi connectivity index (χ3n) is 18.0. The Labute approximate surface area is 490 Å². The molecule has 0 unspecified atom stereocenters. The lowest BCUT2D eigenvalue weighted by molar-refractivity contribution is -0.225. The molecule has 0 bridgehead atoms. The standard InChI is InChI=1S/C76H102O2P2/c1-68(2,3)52-36-53(69(4,5)6)41-60(40-52)79(61-42-54(70(7,8)9)37-55(43-61)71(10,11)12)64-32-25-28-48-34-50-30-27-31-51-35-49-29-26-33-65(67(49)78-76(50,51)77-66(48)64)80(62-44-56(72(13,14)15)38-57(45-62)73(16,17)18)63-46-58(74(19,20)21)39-59(47-63)75(22,23)24/h25-26,28-29,32-33,36-47,50-51H,27,30-31,34-35H2,1-24H3/t50-,51-,76?/m0/s1. The van der Waals surface area contributed by atoms with Crippen LogP contribution in [-0.4, -0.2) is 5.79 Å². The second-order valence-electron chi connectivity index (χ2n) is 32.9. The van der Waals surface area contributed by atoms with E-state index in [9.17, 15) is 0 Å². The molecule has 9 rings (SSSR count).